The fourth-order valence-corrected chi connectivity index (χ4v) is 7.90. The number of hydrogen-bond acceptors (Lipinski definition) is 9. The third-order valence-corrected chi connectivity index (χ3v) is 10.7. The van der Waals surface area contributed by atoms with Crippen molar-refractivity contribution in [3.63, 3.8) is 0 Å². The quantitative estimate of drug-likeness (QED) is 0.0972. The van der Waals surface area contributed by atoms with E-state index in [0.717, 1.165) is 62.0 Å². The summed E-state index contributed by atoms with van der Waals surface area (Å²) in [6, 6.07) is 21.3. The number of unbranched alkanes of at least 4 members (excludes halogenated alkanes) is 1. The fraction of sp³-hybridized carbons (Fsp3) is 0.425. The molecule has 2 unspecified atom stereocenters. The van der Waals surface area contributed by atoms with Gasteiger partial charge in [-0.3, -0.25) is 14.5 Å². The van der Waals surface area contributed by atoms with Crippen LogP contribution in [0, 0.1) is 5.92 Å². The van der Waals surface area contributed by atoms with Gasteiger partial charge < -0.3 is 35.3 Å². The monoisotopic (exact) mass is 694 g/mol. The van der Waals surface area contributed by atoms with Gasteiger partial charge in [-0.05, 0) is 111 Å². The number of phenols is 1. The molecule has 3 aromatic carbocycles. The normalized spacial score (nSPS) is 22.8. The number of aryl methyl sites for hydroxylation is 1. The number of aromatic hydroxyl groups is 1. The van der Waals surface area contributed by atoms with Crippen molar-refractivity contribution in [2.24, 2.45) is 5.92 Å². The van der Waals surface area contributed by atoms with Crippen LogP contribution < -0.4 is 16.2 Å². The summed E-state index contributed by atoms with van der Waals surface area (Å²) in [5.74, 6) is -0.353. The predicted octanol–water partition coefficient (Wildman–Crippen LogP) is 4.06. The molecule has 51 heavy (non-hydrogen) atoms. The molecule has 0 saturated carbocycles. The average molecular weight is 695 g/mol. The van der Waals surface area contributed by atoms with Gasteiger partial charge in [0.2, 0.25) is 5.56 Å². The number of esters is 1. The number of amides is 1. The van der Waals surface area contributed by atoms with Crippen LogP contribution in [0.25, 0.3) is 10.9 Å². The third kappa shape index (κ3) is 7.57. The van der Waals surface area contributed by atoms with Crippen molar-refractivity contribution in [3.05, 3.63) is 111 Å². The lowest BCUT2D eigenvalue weighted by Crippen LogP contribution is -2.56. The van der Waals surface area contributed by atoms with Gasteiger partial charge in [-0.2, -0.15) is 0 Å². The molecular formula is C40H46N4O7. The number of carbonyl (C=O) groups is 2. The number of H-pyrrole nitrogens is 1. The van der Waals surface area contributed by atoms with Crippen LogP contribution in [-0.2, 0) is 32.8 Å². The smallest absolute Gasteiger partial charge is 0.336 e. The van der Waals surface area contributed by atoms with E-state index in [0.29, 0.717) is 67.1 Å². The van der Waals surface area contributed by atoms with Crippen molar-refractivity contribution in [2.75, 3.05) is 39.3 Å². The van der Waals surface area contributed by atoms with Crippen molar-refractivity contribution in [2.45, 2.75) is 62.9 Å². The molecule has 8 rings (SSSR count). The first-order chi connectivity index (χ1) is 24.8. The van der Waals surface area contributed by atoms with Gasteiger partial charge in [-0.25, -0.2) is 4.79 Å². The summed E-state index contributed by atoms with van der Waals surface area (Å²) in [7, 11) is 0. The van der Waals surface area contributed by atoms with Gasteiger partial charge in [-0.15, -0.1) is 0 Å². The molecule has 1 aromatic heterocycles. The molecule has 3 saturated heterocycles. The molecule has 4 aromatic rings. The summed E-state index contributed by atoms with van der Waals surface area (Å²) < 4.78 is 12.2. The van der Waals surface area contributed by atoms with Gasteiger partial charge in [0.1, 0.15) is 11.9 Å². The van der Waals surface area contributed by atoms with Crippen LogP contribution in [0.4, 0.5) is 0 Å². The molecule has 3 aliphatic heterocycles. The minimum Gasteiger partial charge on any atom is -0.506 e. The lowest BCUT2D eigenvalue weighted by atomic mass is 9.85. The van der Waals surface area contributed by atoms with E-state index in [9.17, 15) is 24.6 Å². The second-order valence-electron chi connectivity index (χ2n) is 14.1. The number of pyridine rings is 1. The molecule has 11 heteroatoms. The summed E-state index contributed by atoms with van der Waals surface area (Å²) >= 11 is 0. The van der Waals surface area contributed by atoms with Crippen molar-refractivity contribution in [1.29, 1.82) is 0 Å². The van der Waals surface area contributed by atoms with Crippen molar-refractivity contribution in [1.82, 2.24) is 20.5 Å². The Balaban J connectivity index is 0.889. The Labute approximate surface area is 297 Å². The van der Waals surface area contributed by atoms with Gasteiger partial charge in [0.15, 0.2) is 5.54 Å². The molecule has 11 nitrogen and oxygen atoms in total. The predicted molar refractivity (Wildman–Crippen MR) is 192 cm³/mol. The highest BCUT2D eigenvalue weighted by atomic mass is 16.5. The van der Waals surface area contributed by atoms with E-state index in [1.54, 1.807) is 18.2 Å². The number of carbonyl (C=O) groups excluding carboxylic acids is 2. The average Bonchev–Trinajstić information content (AvgIpc) is 3.53. The number of rotatable bonds is 14. The molecule has 3 atom stereocenters. The van der Waals surface area contributed by atoms with Crippen LogP contribution in [0.1, 0.15) is 70.8 Å². The zero-order valence-corrected chi connectivity index (χ0v) is 28.7. The van der Waals surface area contributed by atoms with Crippen molar-refractivity contribution >= 4 is 22.8 Å². The van der Waals surface area contributed by atoms with Gasteiger partial charge in [-0.1, -0.05) is 42.5 Å². The number of hydrogen-bond donors (Lipinski definition) is 5. The first kappa shape index (κ1) is 34.9. The Bertz CT molecular complexity index is 1940. The molecule has 3 fully saturated rings. The van der Waals surface area contributed by atoms with E-state index in [-0.39, 0.29) is 29.3 Å². The molecule has 1 amide bonds. The Kier molecular flexibility index (Phi) is 10.5. The van der Waals surface area contributed by atoms with Crippen LogP contribution in [-0.4, -0.2) is 77.4 Å². The summed E-state index contributed by atoms with van der Waals surface area (Å²) in [5, 5.41) is 27.8. The first-order valence-corrected chi connectivity index (χ1v) is 18.1. The van der Waals surface area contributed by atoms with Crippen molar-refractivity contribution in [3.8, 4) is 5.75 Å². The molecule has 0 radical (unpaired) electrons. The van der Waals surface area contributed by atoms with E-state index in [1.807, 2.05) is 42.5 Å². The largest absolute Gasteiger partial charge is 0.506 e. The Morgan fingerprint density at radius 2 is 1.86 bits per heavy atom. The van der Waals surface area contributed by atoms with Gasteiger partial charge in [0, 0.05) is 36.7 Å². The number of aliphatic hydroxyl groups is 1. The number of fused-ring (bicyclic) bond motifs is 5. The number of aromatic nitrogens is 1. The Hall–Kier alpha value is -4.55. The summed E-state index contributed by atoms with van der Waals surface area (Å²) in [6.45, 7) is 4.74. The molecule has 0 spiro atoms. The summed E-state index contributed by atoms with van der Waals surface area (Å²) in [6.07, 6.45) is 3.90. The molecule has 1 aliphatic carbocycles. The number of aromatic amines is 1. The van der Waals surface area contributed by atoms with Crippen LogP contribution in [0.5, 0.6) is 5.75 Å². The number of benzene rings is 3. The molecule has 4 heterocycles. The number of nitrogens with zero attached hydrogens (tertiary/aromatic N) is 1. The highest BCUT2D eigenvalue weighted by Gasteiger charge is 2.50. The standard InChI is InChI=1S/C40H46N4O7/c45-33-12-10-30(31-11-13-36(47)42-37(31)33)34(46)23-41-18-3-4-21-50-25-26-6-5-8-29(22-26)38(48)43-40(17-14-27-7-1-2-9-32(27)40)39(49)51-35-24-44-19-15-28(35)16-20-44/h1-2,5-13,22,28,34-35,41,45-46H,3-4,14-21,23-25H2,(H,42,47)(H,43,48)/t34?,35-,40?/m0/s1. The molecule has 4 aliphatic rings. The van der Waals surface area contributed by atoms with Crippen LogP contribution >= 0.6 is 0 Å². The number of phenolic OH excluding ortho intramolecular Hbond substituents is 1. The molecular weight excluding hydrogens is 648 g/mol. The molecule has 5 N–H and O–H groups in total. The topological polar surface area (TPSA) is 153 Å². The zero-order chi connectivity index (χ0) is 35.4. The highest BCUT2D eigenvalue weighted by Crippen LogP contribution is 2.40. The molecule has 2 bridgehead atoms. The lowest BCUT2D eigenvalue weighted by molar-refractivity contribution is -0.167. The maximum Gasteiger partial charge on any atom is 0.336 e. The zero-order valence-electron chi connectivity index (χ0n) is 28.7. The fourth-order valence-electron chi connectivity index (χ4n) is 7.90. The maximum absolute atomic E-state index is 14.0. The van der Waals surface area contributed by atoms with E-state index in [4.69, 9.17) is 9.47 Å². The van der Waals surface area contributed by atoms with Gasteiger partial charge in [0.25, 0.3) is 5.91 Å². The van der Waals surface area contributed by atoms with Gasteiger partial charge in [0.05, 0.1) is 18.2 Å². The minimum absolute atomic E-state index is 0.0399. The Morgan fingerprint density at radius 1 is 1.02 bits per heavy atom. The van der Waals surface area contributed by atoms with E-state index < -0.39 is 11.6 Å². The first-order valence-electron chi connectivity index (χ1n) is 18.1. The second-order valence-corrected chi connectivity index (χ2v) is 14.1. The SMILES string of the molecule is O=C(NC1(C(=O)O[C@H]2CN3CCC2CC3)CCc2ccccc21)c1cccc(COCCCCNCC(O)c2ccc(O)c3[nH]c(=O)ccc23)c1. The highest BCUT2D eigenvalue weighted by molar-refractivity contribution is 5.99. The summed E-state index contributed by atoms with van der Waals surface area (Å²) in [5.41, 5.74) is 2.59. The number of nitrogens with one attached hydrogen (secondary N) is 3. The third-order valence-electron chi connectivity index (χ3n) is 10.7. The van der Waals surface area contributed by atoms with Crippen LogP contribution in [0.15, 0.2) is 77.6 Å². The summed E-state index contributed by atoms with van der Waals surface area (Å²) in [4.78, 5) is 44.5. The van der Waals surface area contributed by atoms with E-state index in [1.165, 1.54) is 12.1 Å². The minimum atomic E-state index is -1.23. The van der Waals surface area contributed by atoms with Crippen molar-refractivity contribution < 1.29 is 29.3 Å². The van der Waals surface area contributed by atoms with Crippen LogP contribution in [0.2, 0.25) is 0 Å². The van der Waals surface area contributed by atoms with E-state index in [2.05, 4.69) is 20.5 Å². The number of piperidine rings is 3. The Morgan fingerprint density at radius 3 is 2.69 bits per heavy atom. The number of aliphatic hydroxyl groups excluding tert-OH is 1. The lowest BCUT2D eigenvalue weighted by Gasteiger charge is -2.45. The second kappa shape index (κ2) is 15.4. The number of ether oxygens (including phenoxy) is 2. The van der Waals surface area contributed by atoms with Crippen LogP contribution in [0.3, 0.4) is 0 Å². The molecule has 268 valence electrons. The van der Waals surface area contributed by atoms with Gasteiger partial charge >= 0.3 is 5.97 Å². The van der Waals surface area contributed by atoms with E-state index >= 15 is 0 Å². The maximum atomic E-state index is 14.0.